The molecule has 1 saturated carbocycles. The van der Waals surface area contributed by atoms with Gasteiger partial charge in [0.1, 0.15) is 0 Å². The number of likely N-dealkylation sites (N-methyl/N-ethyl adjacent to an activating group) is 2. The number of nitrogens with zero attached hydrogens (tertiary/aromatic N) is 2. The van der Waals surface area contributed by atoms with Gasteiger partial charge in [0.15, 0.2) is 0 Å². The fourth-order valence-corrected chi connectivity index (χ4v) is 4.10. The van der Waals surface area contributed by atoms with E-state index in [9.17, 15) is 18.0 Å². The van der Waals surface area contributed by atoms with E-state index < -0.39 is 27.2 Å². The molecule has 0 aromatic carbocycles. The zero-order valence-electron chi connectivity index (χ0n) is 11.4. The average molecular weight is 292 g/mol. The Balaban J connectivity index is 2.85. The number of carbonyl (C=O) groups excluding carboxylic acids is 1. The molecule has 19 heavy (non-hydrogen) atoms. The van der Waals surface area contributed by atoms with Gasteiger partial charge in [-0.1, -0.05) is 6.42 Å². The summed E-state index contributed by atoms with van der Waals surface area (Å²) in [5.41, 5.74) is 0. The summed E-state index contributed by atoms with van der Waals surface area (Å²) < 4.78 is 25.6. The van der Waals surface area contributed by atoms with Gasteiger partial charge in [-0.2, -0.15) is 4.31 Å². The van der Waals surface area contributed by atoms with Gasteiger partial charge in [-0.3, -0.25) is 9.59 Å². The number of hydrogen-bond acceptors (Lipinski definition) is 4. The van der Waals surface area contributed by atoms with Crippen LogP contribution in [0.2, 0.25) is 0 Å². The Labute approximate surface area is 113 Å². The highest BCUT2D eigenvalue weighted by atomic mass is 32.2. The first-order chi connectivity index (χ1) is 8.67. The largest absolute Gasteiger partial charge is 0.481 e. The number of carboxylic acid groups (broad SMARTS) is 1. The summed E-state index contributed by atoms with van der Waals surface area (Å²) in [5.74, 6) is -2.30. The first-order valence-corrected chi connectivity index (χ1v) is 7.56. The van der Waals surface area contributed by atoms with Gasteiger partial charge >= 0.3 is 5.97 Å². The Morgan fingerprint density at radius 1 is 1.21 bits per heavy atom. The van der Waals surface area contributed by atoms with E-state index in [0.717, 1.165) is 4.31 Å². The number of carbonyl (C=O) groups is 2. The van der Waals surface area contributed by atoms with Crippen molar-refractivity contribution in [2.24, 2.45) is 5.92 Å². The lowest BCUT2D eigenvalue weighted by molar-refractivity contribution is -0.141. The number of carboxylic acids is 1. The van der Waals surface area contributed by atoms with Gasteiger partial charge in [0.25, 0.3) is 0 Å². The maximum atomic E-state index is 12.3. The average Bonchev–Trinajstić information content (AvgIpc) is 2.77. The van der Waals surface area contributed by atoms with Crippen LogP contribution in [0.4, 0.5) is 0 Å². The molecule has 0 bridgehead atoms. The Bertz CT molecular complexity index is 460. The molecule has 1 rings (SSSR count). The predicted molar refractivity (Wildman–Crippen MR) is 69.0 cm³/mol. The van der Waals surface area contributed by atoms with Crippen molar-refractivity contribution in [1.82, 2.24) is 9.21 Å². The number of amides is 1. The van der Waals surface area contributed by atoms with Crippen molar-refractivity contribution in [1.29, 1.82) is 0 Å². The monoisotopic (exact) mass is 292 g/mol. The minimum absolute atomic E-state index is 0.266. The van der Waals surface area contributed by atoms with E-state index in [0.29, 0.717) is 19.3 Å². The second-order valence-electron chi connectivity index (χ2n) is 5.00. The zero-order valence-corrected chi connectivity index (χ0v) is 12.2. The molecule has 0 spiro atoms. The third kappa shape index (κ3) is 3.44. The summed E-state index contributed by atoms with van der Waals surface area (Å²) in [7, 11) is 0.637. The van der Waals surface area contributed by atoms with E-state index in [1.165, 1.54) is 11.9 Å². The third-order valence-corrected chi connectivity index (χ3v) is 5.77. The zero-order chi connectivity index (χ0) is 14.8. The van der Waals surface area contributed by atoms with Crippen molar-refractivity contribution in [3.8, 4) is 0 Å². The van der Waals surface area contributed by atoms with Crippen LogP contribution in [0.15, 0.2) is 0 Å². The molecule has 1 fully saturated rings. The summed E-state index contributed by atoms with van der Waals surface area (Å²) >= 11 is 0. The molecule has 1 N–H and O–H groups in total. The van der Waals surface area contributed by atoms with Crippen LogP contribution in [0.5, 0.6) is 0 Å². The smallest absolute Gasteiger partial charge is 0.307 e. The van der Waals surface area contributed by atoms with E-state index in [1.807, 2.05) is 0 Å². The van der Waals surface area contributed by atoms with Gasteiger partial charge in [0.05, 0.1) is 17.7 Å². The highest BCUT2D eigenvalue weighted by Gasteiger charge is 2.43. The highest BCUT2D eigenvalue weighted by molar-refractivity contribution is 7.89. The van der Waals surface area contributed by atoms with Crippen molar-refractivity contribution in [2.75, 3.05) is 27.7 Å². The molecule has 2 unspecified atom stereocenters. The van der Waals surface area contributed by atoms with Gasteiger partial charge in [0, 0.05) is 21.1 Å². The predicted octanol–water partition coefficient (Wildman–Crippen LogP) is -0.410. The second kappa shape index (κ2) is 5.87. The molecular weight excluding hydrogens is 272 g/mol. The molecule has 0 radical (unpaired) electrons. The molecule has 0 aromatic rings. The van der Waals surface area contributed by atoms with Gasteiger partial charge in [-0.15, -0.1) is 0 Å². The first-order valence-electron chi connectivity index (χ1n) is 6.06. The van der Waals surface area contributed by atoms with Gasteiger partial charge in [-0.25, -0.2) is 8.42 Å². The minimum atomic E-state index is -3.76. The number of aliphatic carboxylic acids is 1. The minimum Gasteiger partial charge on any atom is -0.481 e. The van der Waals surface area contributed by atoms with Gasteiger partial charge in [0.2, 0.25) is 15.9 Å². The van der Waals surface area contributed by atoms with Gasteiger partial charge in [-0.05, 0) is 12.8 Å². The van der Waals surface area contributed by atoms with Crippen LogP contribution in [0, 0.1) is 5.92 Å². The van der Waals surface area contributed by atoms with E-state index >= 15 is 0 Å². The SMILES string of the molecule is CN(C)C(=O)CN(C)S(=O)(=O)C1CCCC1C(=O)O. The molecule has 7 nitrogen and oxygen atoms in total. The molecule has 2 atom stereocenters. The molecule has 0 saturated heterocycles. The van der Waals surface area contributed by atoms with Crippen LogP contribution in [0.25, 0.3) is 0 Å². The van der Waals surface area contributed by atoms with Crippen molar-refractivity contribution in [3.63, 3.8) is 0 Å². The molecular formula is C11H20N2O5S. The van der Waals surface area contributed by atoms with Crippen LogP contribution in [0.3, 0.4) is 0 Å². The molecule has 1 amide bonds. The van der Waals surface area contributed by atoms with E-state index in [1.54, 1.807) is 14.1 Å². The summed E-state index contributed by atoms with van der Waals surface area (Å²) in [6.45, 7) is -0.266. The molecule has 0 aromatic heterocycles. The quantitative estimate of drug-likeness (QED) is 0.743. The summed E-state index contributed by atoms with van der Waals surface area (Å²) in [4.78, 5) is 23.9. The first kappa shape index (κ1) is 15.9. The topological polar surface area (TPSA) is 95.0 Å². The third-order valence-electron chi connectivity index (χ3n) is 3.44. The Hall–Kier alpha value is -1.15. The summed E-state index contributed by atoms with van der Waals surface area (Å²) in [6, 6.07) is 0. The normalized spacial score (nSPS) is 23.6. The van der Waals surface area contributed by atoms with Crippen molar-refractivity contribution >= 4 is 21.9 Å². The molecule has 1 aliphatic rings. The van der Waals surface area contributed by atoms with Crippen LogP contribution >= 0.6 is 0 Å². The molecule has 0 heterocycles. The standard InChI is InChI=1S/C11H20N2O5S/c1-12(2)10(14)7-13(3)19(17,18)9-6-4-5-8(9)11(15)16/h8-9H,4-7H2,1-3H3,(H,15,16). The van der Waals surface area contributed by atoms with E-state index in [4.69, 9.17) is 5.11 Å². The summed E-state index contributed by atoms with van der Waals surface area (Å²) in [5, 5.41) is 8.11. The maximum absolute atomic E-state index is 12.3. The fourth-order valence-electron chi connectivity index (χ4n) is 2.22. The van der Waals surface area contributed by atoms with Crippen LogP contribution in [0.1, 0.15) is 19.3 Å². The number of rotatable bonds is 5. The summed E-state index contributed by atoms with van der Waals surface area (Å²) in [6.07, 6.45) is 1.28. The lowest BCUT2D eigenvalue weighted by atomic mass is 10.1. The highest BCUT2D eigenvalue weighted by Crippen LogP contribution is 2.32. The van der Waals surface area contributed by atoms with Crippen molar-refractivity contribution in [2.45, 2.75) is 24.5 Å². The van der Waals surface area contributed by atoms with Gasteiger partial charge < -0.3 is 10.0 Å². The Kier molecular flexibility index (Phi) is 4.92. The lowest BCUT2D eigenvalue weighted by Crippen LogP contribution is -2.44. The van der Waals surface area contributed by atoms with Crippen molar-refractivity contribution < 1.29 is 23.1 Å². The van der Waals surface area contributed by atoms with Crippen molar-refractivity contribution in [3.05, 3.63) is 0 Å². The van der Waals surface area contributed by atoms with Crippen LogP contribution in [-0.2, 0) is 19.6 Å². The lowest BCUT2D eigenvalue weighted by Gasteiger charge is -2.24. The maximum Gasteiger partial charge on any atom is 0.307 e. The fraction of sp³-hybridized carbons (Fsp3) is 0.818. The molecule has 1 aliphatic carbocycles. The molecule has 0 aliphatic heterocycles. The number of hydrogen-bond donors (Lipinski definition) is 1. The number of sulfonamides is 1. The van der Waals surface area contributed by atoms with Crippen LogP contribution in [-0.4, -0.2) is 67.5 Å². The Morgan fingerprint density at radius 3 is 2.26 bits per heavy atom. The van der Waals surface area contributed by atoms with Crippen LogP contribution < -0.4 is 0 Å². The molecule has 8 heteroatoms. The van der Waals surface area contributed by atoms with E-state index in [-0.39, 0.29) is 12.5 Å². The van der Waals surface area contributed by atoms with E-state index in [2.05, 4.69) is 0 Å². The molecule has 110 valence electrons. The second-order valence-corrected chi connectivity index (χ2v) is 7.26. The Morgan fingerprint density at radius 2 is 1.79 bits per heavy atom.